The lowest BCUT2D eigenvalue weighted by Crippen LogP contribution is -2.28. The number of nitrogens with one attached hydrogen (secondary N) is 1. The van der Waals surface area contributed by atoms with Crippen LogP contribution < -0.4 is 5.32 Å². The van der Waals surface area contributed by atoms with E-state index < -0.39 is 5.97 Å². The topological polar surface area (TPSA) is 58.6 Å². The molecule has 1 amide bonds. The molecule has 0 atom stereocenters. The van der Waals surface area contributed by atoms with Crippen LogP contribution in [0.5, 0.6) is 0 Å². The summed E-state index contributed by atoms with van der Waals surface area (Å²) in [4.78, 5) is 26.2. The summed E-state index contributed by atoms with van der Waals surface area (Å²) in [6.45, 7) is 6.16. The molecule has 1 aromatic heterocycles. The number of rotatable bonds is 4. The van der Waals surface area contributed by atoms with Crippen LogP contribution in [0.3, 0.4) is 0 Å². The number of carbonyl (C=O) groups excluding carboxylic acids is 2. The fourth-order valence-corrected chi connectivity index (χ4v) is 2.31. The molecule has 0 unspecified atom stereocenters. The maximum absolute atomic E-state index is 11.8. The Morgan fingerprint density at radius 2 is 2.00 bits per heavy atom. The van der Waals surface area contributed by atoms with Gasteiger partial charge in [0.25, 0.3) is 0 Å². The molecule has 0 saturated carbocycles. The zero-order chi connectivity index (χ0) is 16.9. The Balaban J connectivity index is 3.03. The first-order valence-electron chi connectivity index (χ1n) is 6.83. The summed E-state index contributed by atoms with van der Waals surface area (Å²) >= 11 is 1.26. The summed E-state index contributed by atoms with van der Waals surface area (Å²) < 4.78 is 4.78. The number of esters is 1. The van der Waals surface area contributed by atoms with Crippen molar-refractivity contribution >= 4 is 28.9 Å². The van der Waals surface area contributed by atoms with E-state index in [1.54, 1.807) is 20.2 Å². The minimum atomic E-state index is -0.436. The first-order chi connectivity index (χ1) is 10.1. The van der Waals surface area contributed by atoms with E-state index in [2.05, 4.69) is 17.2 Å². The molecule has 0 aliphatic carbocycles. The van der Waals surface area contributed by atoms with Crippen molar-refractivity contribution in [2.45, 2.75) is 20.8 Å². The van der Waals surface area contributed by atoms with Crippen molar-refractivity contribution in [2.24, 2.45) is 5.41 Å². The van der Waals surface area contributed by atoms with Crippen molar-refractivity contribution in [1.29, 1.82) is 0 Å². The third-order valence-corrected chi connectivity index (χ3v) is 3.62. The molecular formula is C16H22N2O3S. The highest BCUT2D eigenvalue weighted by molar-refractivity contribution is 7.15. The summed E-state index contributed by atoms with van der Waals surface area (Å²) in [7, 11) is 4.69. The number of hydrogen-bond donors (Lipinski definition) is 1. The van der Waals surface area contributed by atoms with Crippen molar-refractivity contribution in [3.63, 3.8) is 0 Å². The van der Waals surface area contributed by atoms with Gasteiger partial charge in [-0.15, -0.1) is 11.3 Å². The zero-order valence-electron chi connectivity index (χ0n) is 13.9. The smallest absolute Gasteiger partial charge is 0.350 e. The molecule has 120 valence electrons. The van der Waals surface area contributed by atoms with Crippen molar-refractivity contribution in [2.75, 3.05) is 33.1 Å². The van der Waals surface area contributed by atoms with E-state index in [0.29, 0.717) is 10.6 Å². The molecule has 0 fully saturated rings. The lowest BCUT2D eigenvalue weighted by atomic mass is 9.98. The van der Waals surface area contributed by atoms with Gasteiger partial charge in [-0.25, -0.2) is 4.79 Å². The predicted molar refractivity (Wildman–Crippen MR) is 89.2 cm³/mol. The number of amides is 1. The van der Waals surface area contributed by atoms with E-state index in [9.17, 15) is 9.59 Å². The maximum Gasteiger partial charge on any atom is 0.350 e. The van der Waals surface area contributed by atoms with E-state index in [-0.39, 0.29) is 17.9 Å². The fraction of sp³-hybridized carbons (Fsp3) is 0.500. The van der Waals surface area contributed by atoms with Gasteiger partial charge in [0.1, 0.15) is 4.88 Å². The van der Waals surface area contributed by atoms with Crippen LogP contribution in [0.2, 0.25) is 0 Å². The van der Waals surface area contributed by atoms with Gasteiger partial charge in [-0.05, 0) is 26.8 Å². The Kier molecular flexibility index (Phi) is 6.01. The van der Waals surface area contributed by atoms with Crippen LogP contribution in [-0.4, -0.2) is 44.5 Å². The van der Waals surface area contributed by atoms with Gasteiger partial charge in [-0.2, -0.15) is 0 Å². The monoisotopic (exact) mass is 322 g/mol. The van der Waals surface area contributed by atoms with Gasteiger partial charge in [0.05, 0.1) is 24.2 Å². The maximum atomic E-state index is 11.8. The average molecular weight is 322 g/mol. The van der Waals surface area contributed by atoms with E-state index in [0.717, 1.165) is 4.88 Å². The second-order valence-corrected chi connectivity index (χ2v) is 7.04. The molecule has 0 spiro atoms. The Bertz CT molecular complexity index is 616. The lowest BCUT2D eigenvalue weighted by Gasteiger charge is -2.11. The van der Waals surface area contributed by atoms with E-state index in [1.807, 2.05) is 20.8 Å². The largest absolute Gasteiger partial charge is 0.465 e. The number of ether oxygens (including phenoxy) is 1. The van der Waals surface area contributed by atoms with Gasteiger partial charge in [-0.1, -0.05) is 11.8 Å². The molecule has 0 aromatic carbocycles. The highest BCUT2D eigenvalue weighted by Gasteiger charge is 2.17. The van der Waals surface area contributed by atoms with Crippen molar-refractivity contribution < 1.29 is 14.3 Å². The van der Waals surface area contributed by atoms with Crippen LogP contribution in [0.15, 0.2) is 6.07 Å². The van der Waals surface area contributed by atoms with Crippen LogP contribution in [0.25, 0.3) is 0 Å². The Morgan fingerprint density at radius 3 is 2.50 bits per heavy atom. The van der Waals surface area contributed by atoms with Crippen LogP contribution >= 0.6 is 11.3 Å². The molecule has 1 aromatic rings. The molecule has 0 saturated heterocycles. The molecule has 1 rings (SSSR count). The normalized spacial score (nSPS) is 10.5. The molecule has 0 radical (unpaired) electrons. The first kappa shape index (κ1) is 18.1. The number of hydrogen-bond acceptors (Lipinski definition) is 5. The van der Waals surface area contributed by atoms with Gasteiger partial charge >= 0.3 is 5.97 Å². The van der Waals surface area contributed by atoms with Crippen molar-refractivity contribution in [3.8, 4) is 11.8 Å². The quantitative estimate of drug-likeness (QED) is 0.683. The molecule has 1 heterocycles. The highest BCUT2D eigenvalue weighted by atomic mass is 32.1. The number of anilines is 1. The molecule has 0 bridgehead atoms. The number of thiophene rings is 1. The Hall–Kier alpha value is -2.00. The van der Waals surface area contributed by atoms with Gasteiger partial charge in [0.2, 0.25) is 5.91 Å². The number of nitrogens with zero attached hydrogens (tertiary/aromatic N) is 1. The second-order valence-electron chi connectivity index (χ2n) is 5.99. The first-order valence-corrected chi connectivity index (χ1v) is 7.65. The number of methoxy groups -OCH3 is 1. The summed E-state index contributed by atoms with van der Waals surface area (Å²) in [6.07, 6.45) is 0. The highest BCUT2D eigenvalue weighted by Crippen LogP contribution is 2.28. The minimum absolute atomic E-state index is 0.0793. The van der Waals surface area contributed by atoms with Gasteiger partial charge in [0, 0.05) is 19.5 Å². The SMILES string of the molecule is COC(=O)c1sc(C#CC(C)(C)C)cc1NCC(=O)N(C)C. The van der Waals surface area contributed by atoms with Gasteiger partial charge in [-0.3, -0.25) is 4.79 Å². The zero-order valence-corrected chi connectivity index (χ0v) is 14.7. The van der Waals surface area contributed by atoms with E-state index in [4.69, 9.17) is 4.74 Å². The van der Waals surface area contributed by atoms with Crippen LogP contribution in [0.1, 0.15) is 35.3 Å². The third kappa shape index (κ3) is 5.41. The summed E-state index contributed by atoms with van der Waals surface area (Å²) in [6, 6.07) is 1.78. The second kappa shape index (κ2) is 7.32. The Morgan fingerprint density at radius 1 is 1.36 bits per heavy atom. The fourth-order valence-electron chi connectivity index (χ4n) is 1.41. The molecular weight excluding hydrogens is 300 g/mol. The van der Waals surface area contributed by atoms with Gasteiger partial charge in [0.15, 0.2) is 0 Å². The van der Waals surface area contributed by atoms with Crippen molar-refractivity contribution in [1.82, 2.24) is 4.90 Å². The molecule has 6 heteroatoms. The third-order valence-electron chi connectivity index (χ3n) is 2.59. The molecule has 5 nitrogen and oxygen atoms in total. The van der Waals surface area contributed by atoms with Crippen LogP contribution in [0, 0.1) is 17.3 Å². The average Bonchev–Trinajstić information content (AvgIpc) is 2.84. The van der Waals surface area contributed by atoms with Gasteiger partial charge < -0.3 is 15.0 Å². The minimum Gasteiger partial charge on any atom is -0.465 e. The molecule has 0 aliphatic heterocycles. The molecule has 1 N–H and O–H groups in total. The summed E-state index contributed by atoms with van der Waals surface area (Å²) in [5, 5.41) is 2.98. The standard InChI is InChI=1S/C16H22N2O3S/c1-16(2,3)8-7-11-9-12(14(22-11)15(20)21-6)17-10-13(19)18(4)5/h9,17H,10H2,1-6H3. The Labute approximate surface area is 135 Å². The van der Waals surface area contributed by atoms with Crippen molar-refractivity contribution in [3.05, 3.63) is 15.8 Å². The van der Waals surface area contributed by atoms with E-state index in [1.165, 1.54) is 23.3 Å². The molecule has 22 heavy (non-hydrogen) atoms. The summed E-state index contributed by atoms with van der Waals surface area (Å²) in [5.41, 5.74) is 0.453. The lowest BCUT2D eigenvalue weighted by molar-refractivity contribution is -0.126. The van der Waals surface area contributed by atoms with Crippen LogP contribution in [0.4, 0.5) is 5.69 Å². The van der Waals surface area contributed by atoms with Crippen LogP contribution in [-0.2, 0) is 9.53 Å². The number of carbonyl (C=O) groups is 2. The van der Waals surface area contributed by atoms with E-state index >= 15 is 0 Å². The molecule has 0 aliphatic rings. The summed E-state index contributed by atoms with van der Waals surface area (Å²) in [5.74, 6) is 5.67. The predicted octanol–water partition coefficient (Wildman–Crippen LogP) is 2.43. The number of likely N-dealkylation sites (N-methyl/N-ethyl adjacent to an activating group) is 1.